The highest BCUT2D eigenvalue weighted by molar-refractivity contribution is 5.54. The van der Waals surface area contributed by atoms with Crippen molar-refractivity contribution in [2.75, 3.05) is 11.9 Å². The van der Waals surface area contributed by atoms with Crippen LogP contribution >= 0.6 is 0 Å². The Kier molecular flexibility index (Phi) is 6.63. The second kappa shape index (κ2) is 9.10. The fraction of sp³-hybridized carbons (Fsp3) is 0.250. The van der Waals surface area contributed by atoms with Crippen molar-refractivity contribution in [3.05, 3.63) is 60.2 Å². The lowest BCUT2D eigenvalue weighted by Crippen LogP contribution is -2.53. The van der Waals surface area contributed by atoms with Crippen molar-refractivity contribution in [1.82, 2.24) is 15.0 Å². The van der Waals surface area contributed by atoms with E-state index in [1.165, 1.54) is 0 Å². The Bertz CT molecular complexity index is 1060. The van der Waals surface area contributed by atoms with Gasteiger partial charge in [-0.05, 0) is 31.2 Å². The summed E-state index contributed by atoms with van der Waals surface area (Å²) in [6.45, 7) is 1.88. The maximum Gasteiger partial charge on any atom is 0.430 e. The van der Waals surface area contributed by atoms with Crippen molar-refractivity contribution in [3.63, 3.8) is 0 Å². The minimum absolute atomic E-state index is 0.0322. The number of aliphatic hydroxyl groups is 1. The highest BCUT2D eigenvalue weighted by atomic mass is 19.4. The molecule has 0 saturated carbocycles. The molecule has 0 aliphatic rings. The Balaban J connectivity index is 1.88. The monoisotopic (exact) mass is 474 g/mol. The van der Waals surface area contributed by atoms with Gasteiger partial charge in [0.05, 0.1) is 6.61 Å². The largest absolute Gasteiger partial charge is 0.464 e. The summed E-state index contributed by atoms with van der Waals surface area (Å²) in [5, 5.41) is 12.1. The van der Waals surface area contributed by atoms with Crippen LogP contribution in [0.4, 0.5) is 38.0 Å². The number of hydrogen-bond acceptors (Lipinski definition) is 7. The van der Waals surface area contributed by atoms with Crippen LogP contribution in [0.2, 0.25) is 0 Å². The Labute approximate surface area is 183 Å². The van der Waals surface area contributed by atoms with Crippen LogP contribution in [0.15, 0.2) is 54.6 Å². The van der Waals surface area contributed by atoms with Crippen LogP contribution in [0.5, 0.6) is 17.8 Å². The van der Waals surface area contributed by atoms with Gasteiger partial charge < -0.3 is 19.9 Å². The maximum absolute atomic E-state index is 13.0. The van der Waals surface area contributed by atoms with Crippen LogP contribution in [0.3, 0.4) is 0 Å². The number of para-hydroxylation sites is 1. The number of halogens is 6. The normalized spacial score (nSPS) is 12.4. The quantitative estimate of drug-likeness (QED) is 0.460. The topological polar surface area (TPSA) is 89.4 Å². The van der Waals surface area contributed by atoms with E-state index in [0.717, 1.165) is 12.1 Å². The summed E-state index contributed by atoms with van der Waals surface area (Å²) in [5.41, 5.74) is -6.39. The Morgan fingerprint density at radius 1 is 0.818 bits per heavy atom. The van der Waals surface area contributed by atoms with E-state index in [1.807, 2.05) is 0 Å². The smallest absolute Gasteiger partial charge is 0.430 e. The molecule has 2 aromatic carbocycles. The number of alkyl halides is 6. The number of ether oxygens (including phenoxy) is 2. The molecule has 3 aromatic rings. The number of benzene rings is 2. The molecule has 0 radical (unpaired) electrons. The number of aromatic nitrogens is 3. The van der Waals surface area contributed by atoms with Crippen LogP contribution in [0, 0.1) is 0 Å². The summed E-state index contributed by atoms with van der Waals surface area (Å²) in [4.78, 5) is 11.9. The lowest BCUT2D eigenvalue weighted by molar-refractivity contribution is -0.376. The zero-order valence-electron chi connectivity index (χ0n) is 16.8. The molecule has 0 amide bonds. The van der Waals surface area contributed by atoms with Gasteiger partial charge in [0.1, 0.15) is 5.75 Å². The second-order valence-electron chi connectivity index (χ2n) is 6.48. The molecule has 0 fully saturated rings. The first-order chi connectivity index (χ1) is 15.4. The van der Waals surface area contributed by atoms with Gasteiger partial charge in [-0.1, -0.05) is 30.3 Å². The predicted octanol–water partition coefficient (Wildman–Crippen LogP) is 5.12. The lowest BCUT2D eigenvalue weighted by Gasteiger charge is -2.32. The molecule has 0 spiro atoms. The van der Waals surface area contributed by atoms with Gasteiger partial charge >= 0.3 is 24.4 Å². The number of hydrogen-bond donors (Lipinski definition) is 2. The fourth-order valence-corrected chi connectivity index (χ4v) is 2.64. The SMILES string of the molecule is CCOc1nc(Nc2ccc(C(O)(C(F)(F)F)C(F)(F)F)cc2)nc(Oc2ccccc2)n1. The van der Waals surface area contributed by atoms with Gasteiger partial charge in [-0.25, -0.2) is 0 Å². The summed E-state index contributed by atoms with van der Waals surface area (Å²) in [7, 11) is 0. The van der Waals surface area contributed by atoms with E-state index in [-0.39, 0.29) is 30.3 Å². The van der Waals surface area contributed by atoms with Gasteiger partial charge in [0.25, 0.3) is 5.60 Å². The van der Waals surface area contributed by atoms with E-state index < -0.39 is 23.5 Å². The number of rotatable bonds is 7. The standard InChI is InChI=1S/C20H16F6N4O3/c1-2-32-16-28-15(29-17(30-16)33-14-6-4-3-5-7-14)27-13-10-8-12(9-11-13)18(31,19(21,22)23)20(24,25)26/h3-11,31H,2H2,1H3,(H,27,28,29,30). The predicted molar refractivity (Wildman–Crippen MR) is 103 cm³/mol. The lowest BCUT2D eigenvalue weighted by atomic mass is 9.92. The first kappa shape index (κ1) is 24.0. The summed E-state index contributed by atoms with van der Waals surface area (Å²) < 4.78 is 89.0. The summed E-state index contributed by atoms with van der Waals surface area (Å²) >= 11 is 0. The third kappa shape index (κ3) is 5.25. The molecule has 0 bridgehead atoms. The molecule has 0 aliphatic carbocycles. The van der Waals surface area contributed by atoms with Crippen molar-refractivity contribution in [2.24, 2.45) is 0 Å². The minimum atomic E-state index is -5.98. The molecule has 0 atom stereocenters. The highest BCUT2D eigenvalue weighted by Crippen LogP contribution is 2.50. The van der Waals surface area contributed by atoms with Gasteiger partial charge in [-0.3, -0.25) is 0 Å². The summed E-state index contributed by atoms with van der Waals surface area (Å²) in [5.74, 6) is 0.258. The zero-order chi connectivity index (χ0) is 24.3. The van der Waals surface area contributed by atoms with Gasteiger partial charge in [0, 0.05) is 11.3 Å². The van der Waals surface area contributed by atoms with E-state index in [0.29, 0.717) is 17.9 Å². The molecule has 3 rings (SSSR count). The third-order valence-corrected chi connectivity index (χ3v) is 4.20. The van der Waals surface area contributed by atoms with Gasteiger partial charge in [0.15, 0.2) is 0 Å². The van der Waals surface area contributed by atoms with Crippen molar-refractivity contribution in [1.29, 1.82) is 0 Å². The molecule has 1 heterocycles. The van der Waals surface area contributed by atoms with E-state index >= 15 is 0 Å². The van der Waals surface area contributed by atoms with Crippen LogP contribution in [0.1, 0.15) is 12.5 Å². The first-order valence-corrected chi connectivity index (χ1v) is 9.29. The summed E-state index contributed by atoms with van der Waals surface area (Å²) in [6, 6.07) is 11.0. The zero-order valence-corrected chi connectivity index (χ0v) is 16.8. The molecule has 0 unspecified atom stereocenters. The average molecular weight is 474 g/mol. The molecule has 176 valence electrons. The Morgan fingerprint density at radius 2 is 1.39 bits per heavy atom. The third-order valence-electron chi connectivity index (χ3n) is 4.20. The molecular formula is C20H16F6N4O3. The van der Waals surface area contributed by atoms with Gasteiger partial charge in [-0.15, -0.1) is 4.98 Å². The second-order valence-corrected chi connectivity index (χ2v) is 6.48. The van der Waals surface area contributed by atoms with Crippen molar-refractivity contribution in [2.45, 2.75) is 24.9 Å². The van der Waals surface area contributed by atoms with Crippen LogP contribution < -0.4 is 14.8 Å². The minimum Gasteiger partial charge on any atom is -0.464 e. The molecule has 2 N–H and O–H groups in total. The number of anilines is 2. The molecule has 33 heavy (non-hydrogen) atoms. The molecule has 13 heteroatoms. The van der Waals surface area contributed by atoms with Gasteiger partial charge in [0.2, 0.25) is 5.95 Å². The van der Waals surface area contributed by atoms with Crippen molar-refractivity contribution >= 4 is 11.6 Å². The van der Waals surface area contributed by atoms with Crippen LogP contribution in [0.25, 0.3) is 0 Å². The highest BCUT2D eigenvalue weighted by Gasteiger charge is 2.71. The number of nitrogens with zero attached hydrogens (tertiary/aromatic N) is 3. The number of nitrogens with one attached hydrogen (secondary N) is 1. The molecule has 1 aromatic heterocycles. The van der Waals surface area contributed by atoms with E-state index in [1.54, 1.807) is 37.3 Å². The van der Waals surface area contributed by atoms with Crippen LogP contribution in [-0.4, -0.2) is 39.0 Å². The Morgan fingerprint density at radius 3 is 1.94 bits per heavy atom. The van der Waals surface area contributed by atoms with E-state index in [9.17, 15) is 31.4 Å². The molecule has 7 nitrogen and oxygen atoms in total. The van der Waals surface area contributed by atoms with Crippen molar-refractivity contribution in [3.8, 4) is 17.8 Å². The fourth-order valence-electron chi connectivity index (χ4n) is 2.64. The van der Waals surface area contributed by atoms with E-state index in [4.69, 9.17) is 9.47 Å². The van der Waals surface area contributed by atoms with Crippen LogP contribution in [-0.2, 0) is 5.60 Å². The Hall–Kier alpha value is -3.61. The molecular weight excluding hydrogens is 458 g/mol. The molecule has 0 aliphatic heterocycles. The first-order valence-electron chi connectivity index (χ1n) is 9.29. The van der Waals surface area contributed by atoms with Gasteiger partial charge in [-0.2, -0.15) is 36.3 Å². The van der Waals surface area contributed by atoms with Crippen molar-refractivity contribution < 1.29 is 40.9 Å². The van der Waals surface area contributed by atoms with E-state index in [2.05, 4.69) is 20.3 Å². The average Bonchev–Trinajstić information content (AvgIpc) is 2.73. The molecule has 0 saturated heterocycles. The summed E-state index contributed by atoms with van der Waals surface area (Å²) in [6.07, 6.45) is -12.0. The maximum atomic E-state index is 13.0.